The van der Waals surface area contributed by atoms with Crippen LogP contribution in [0.4, 0.5) is 13.2 Å². The fourth-order valence-electron chi connectivity index (χ4n) is 4.41. The van der Waals surface area contributed by atoms with Gasteiger partial charge >= 0.3 is 0 Å². The van der Waals surface area contributed by atoms with Crippen LogP contribution >= 0.6 is 0 Å². The van der Waals surface area contributed by atoms with Gasteiger partial charge in [-0.05, 0) is 12.1 Å². The monoisotopic (exact) mass is 531 g/mol. The molecule has 6 unspecified atom stereocenters. The minimum atomic E-state index is -1.61. The molecule has 0 radical (unpaired) electrons. The van der Waals surface area contributed by atoms with Crippen LogP contribution in [0.15, 0.2) is 53.7 Å². The maximum absolute atomic E-state index is 13.8. The number of fused-ring (bicyclic) bond motifs is 1. The molecular weight excluding hydrogens is 507 g/mol. The third-order valence-electron chi connectivity index (χ3n) is 6.20. The molecule has 2 aliphatic rings. The van der Waals surface area contributed by atoms with Crippen LogP contribution in [0, 0.1) is 17.5 Å². The summed E-state index contributed by atoms with van der Waals surface area (Å²) in [5, 5.41) is 19.3. The molecule has 1 aromatic heterocycles. The van der Waals surface area contributed by atoms with Crippen LogP contribution in [0.5, 0.6) is 0 Å². The Balaban J connectivity index is 1.50. The molecule has 3 heterocycles. The van der Waals surface area contributed by atoms with E-state index >= 15 is 0 Å². The van der Waals surface area contributed by atoms with E-state index in [1.54, 1.807) is 19.0 Å². The zero-order chi connectivity index (χ0) is 27.0. The summed E-state index contributed by atoms with van der Waals surface area (Å²) in [6, 6.07) is 9.65. The van der Waals surface area contributed by atoms with Crippen molar-refractivity contribution in [3.05, 3.63) is 71.7 Å². The van der Waals surface area contributed by atoms with Crippen LogP contribution in [0.2, 0.25) is 0 Å². The van der Waals surface area contributed by atoms with Gasteiger partial charge in [-0.1, -0.05) is 35.5 Å². The number of hydrogen-bond donors (Lipinski definition) is 1. The van der Waals surface area contributed by atoms with Gasteiger partial charge in [0.1, 0.15) is 30.0 Å². The lowest BCUT2D eigenvalue weighted by atomic mass is 9.91. The Kier molecular flexibility index (Phi) is 7.25. The lowest BCUT2D eigenvalue weighted by Gasteiger charge is -2.47. The zero-order valence-electron chi connectivity index (χ0n) is 20.3. The van der Waals surface area contributed by atoms with E-state index in [-0.39, 0.29) is 17.9 Å². The highest BCUT2D eigenvalue weighted by molar-refractivity contribution is 5.88. The number of aliphatic imine (C=N–C) groups is 1. The SMILES string of the molecule is CN(C)C=NC(=O)C1OC2COC(c3ccccc3)OC2C(n2cc(-c3cc(F)c(F)c(F)c3)nn2)C1O. The van der Waals surface area contributed by atoms with Crippen molar-refractivity contribution >= 4 is 12.2 Å². The molecule has 3 aromatic rings. The Bertz CT molecular complexity index is 1310. The van der Waals surface area contributed by atoms with Crippen molar-refractivity contribution in [2.24, 2.45) is 4.99 Å². The Morgan fingerprint density at radius 2 is 1.87 bits per heavy atom. The first-order valence-corrected chi connectivity index (χ1v) is 11.7. The zero-order valence-corrected chi connectivity index (χ0v) is 20.3. The number of carbonyl (C=O) groups excluding carboxylic acids is 1. The molecule has 0 aliphatic carbocycles. The molecule has 2 aliphatic heterocycles. The molecular formula is C25H24F3N5O5. The maximum Gasteiger partial charge on any atom is 0.278 e. The highest BCUT2D eigenvalue weighted by Crippen LogP contribution is 2.39. The molecule has 2 aromatic carbocycles. The predicted molar refractivity (Wildman–Crippen MR) is 126 cm³/mol. The number of ether oxygens (including phenoxy) is 3. The normalized spacial score (nSPS) is 27.3. The summed E-state index contributed by atoms with van der Waals surface area (Å²) >= 11 is 0. The number of aromatic nitrogens is 3. The second-order valence-electron chi connectivity index (χ2n) is 9.14. The van der Waals surface area contributed by atoms with Crippen LogP contribution < -0.4 is 0 Å². The van der Waals surface area contributed by atoms with E-state index in [0.29, 0.717) is 0 Å². The Morgan fingerprint density at radius 3 is 2.55 bits per heavy atom. The number of nitrogens with zero attached hydrogens (tertiary/aromatic N) is 5. The Morgan fingerprint density at radius 1 is 1.16 bits per heavy atom. The molecule has 1 N–H and O–H groups in total. The van der Waals surface area contributed by atoms with Crippen LogP contribution in [0.1, 0.15) is 17.9 Å². The van der Waals surface area contributed by atoms with Gasteiger partial charge in [0.15, 0.2) is 29.8 Å². The van der Waals surface area contributed by atoms with Crippen molar-refractivity contribution in [1.82, 2.24) is 19.9 Å². The van der Waals surface area contributed by atoms with Gasteiger partial charge in [-0.2, -0.15) is 0 Å². The van der Waals surface area contributed by atoms with Crippen molar-refractivity contribution in [3.8, 4) is 11.3 Å². The summed E-state index contributed by atoms with van der Waals surface area (Å²) in [6.07, 6.45) is -2.71. The predicted octanol–water partition coefficient (Wildman–Crippen LogP) is 2.26. The van der Waals surface area contributed by atoms with Crippen LogP contribution in [-0.4, -0.2) is 82.4 Å². The van der Waals surface area contributed by atoms with Gasteiger partial charge in [-0.3, -0.25) is 4.79 Å². The van der Waals surface area contributed by atoms with Crippen molar-refractivity contribution in [2.75, 3.05) is 20.7 Å². The number of aliphatic hydroxyl groups excluding tert-OH is 1. The second-order valence-corrected chi connectivity index (χ2v) is 9.14. The summed E-state index contributed by atoms with van der Waals surface area (Å²) in [6.45, 7) is 0.0323. The highest BCUT2D eigenvalue weighted by Gasteiger charge is 2.52. The van der Waals surface area contributed by atoms with Crippen LogP contribution in [-0.2, 0) is 19.0 Å². The molecule has 2 fully saturated rings. The van der Waals surface area contributed by atoms with Gasteiger partial charge in [0.05, 0.1) is 19.1 Å². The van der Waals surface area contributed by atoms with Crippen molar-refractivity contribution < 1.29 is 37.3 Å². The van der Waals surface area contributed by atoms with E-state index < -0.39 is 60.1 Å². The van der Waals surface area contributed by atoms with Gasteiger partial charge in [-0.25, -0.2) is 22.8 Å². The number of halogens is 3. The van der Waals surface area contributed by atoms with Crippen LogP contribution in [0.25, 0.3) is 11.3 Å². The maximum atomic E-state index is 13.8. The minimum Gasteiger partial charge on any atom is -0.387 e. The summed E-state index contributed by atoms with van der Waals surface area (Å²) in [4.78, 5) is 18.2. The van der Waals surface area contributed by atoms with Crippen LogP contribution in [0.3, 0.4) is 0 Å². The number of carbonyl (C=O) groups is 1. The molecule has 0 spiro atoms. The van der Waals surface area contributed by atoms with E-state index in [1.807, 2.05) is 30.3 Å². The van der Waals surface area contributed by atoms with Crippen molar-refractivity contribution in [3.63, 3.8) is 0 Å². The highest BCUT2D eigenvalue weighted by atomic mass is 19.2. The standard InChI is InChI=1S/C25H24F3N5O5/c1-32(2)12-29-24(35)23-21(34)20(22-18(37-23)11-36-25(38-22)13-6-4-3-5-7-13)33-10-17(30-31-33)14-8-15(26)19(28)16(27)9-14/h3-10,12,18,20-23,25,34H,11H2,1-2H3. The van der Waals surface area contributed by atoms with Gasteiger partial charge in [0.25, 0.3) is 5.91 Å². The third-order valence-corrected chi connectivity index (χ3v) is 6.20. The summed E-state index contributed by atoms with van der Waals surface area (Å²) in [7, 11) is 3.36. The molecule has 13 heteroatoms. The summed E-state index contributed by atoms with van der Waals surface area (Å²) in [5.41, 5.74) is 0.673. The Hall–Kier alpha value is -3.65. The molecule has 38 heavy (non-hydrogen) atoms. The number of benzene rings is 2. The molecule has 0 bridgehead atoms. The lowest BCUT2D eigenvalue weighted by molar-refractivity contribution is -0.312. The number of rotatable bonds is 5. The number of amides is 1. The molecule has 0 saturated carbocycles. The Labute approximate surface area is 215 Å². The van der Waals surface area contributed by atoms with Gasteiger partial charge in [0.2, 0.25) is 0 Å². The molecule has 1 amide bonds. The number of hydrogen-bond acceptors (Lipinski definition) is 7. The summed E-state index contributed by atoms with van der Waals surface area (Å²) < 4.78 is 60.3. The van der Waals surface area contributed by atoms with E-state index in [2.05, 4.69) is 15.3 Å². The fraction of sp³-hybridized carbons (Fsp3) is 0.360. The van der Waals surface area contributed by atoms with Gasteiger partial charge in [-0.15, -0.1) is 5.10 Å². The smallest absolute Gasteiger partial charge is 0.278 e. The molecule has 5 rings (SSSR count). The average molecular weight is 531 g/mol. The fourth-order valence-corrected chi connectivity index (χ4v) is 4.41. The first kappa shape index (κ1) is 26.0. The quantitative estimate of drug-likeness (QED) is 0.303. The molecule has 10 nitrogen and oxygen atoms in total. The second kappa shape index (κ2) is 10.6. The third kappa shape index (κ3) is 5.05. The van der Waals surface area contributed by atoms with Gasteiger partial charge < -0.3 is 24.2 Å². The number of aliphatic hydroxyl groups is 1. The first-order valence-electron chi connectivity index (χ1n) is 11.7. The van der Waals surface area contributed by atoms with E-state index in [0.717, 1.165) is 17.7 Å². The van der Waals surface area contributed by atoms with E-state index in [9.17, 15) is 23.1 Å². The van der Waals surface area contributed by atoms with Crippen molar-refractivity contribution in [2.45, 2.75) is 36.7 Å². The minimum absolute atomic E-state index is 0.0122. The van der Waals surface area contributed by atoms with Gasteiger partial charge in [0, 0.05) is 25.2 Å². The first-order chi connectivity index (χ1) is 18.2. The van der Waals surface area contributed by atoms with Crippen molar-refractivity contribution in [1.29, 1.82) is 0 Å². The van der Waals surface area contributed by atoms with E-state index in [1.165, 1.54) is 17.2 Å². The molecule has 2 saturated heterocycles. The lowest BCUT2D eigenvalue weighted by Crippen LogP contribution is -2.61. The summed E-state index contributed by atoms with van der Waals surface area (Å²) in [5.74, 6) is -5.11. The molecule has 6 atom stereocenters. The largest absolute Gasteiger partial charge is 0.387 e. The molecule has 200 valence electrons. The van der Waals surface area contributed by atoms with E-state index in [4.69, 9.17) is 14.2 Å². The topological polar surface area (TPSA) is 111 Å². The average Bonchev–Trinajstić information content (AvgIpc) is 3.39.